The van der Waals surface area contributed by atoms with E-state index in [2.05, 4.69) is 15.6 Å². The molecule has 2 N–H and O–H groups in total. The number of guanidine groups is 1. The number of likely N-dealkylation sites (N-methyl/N-ethyl adjacent to an activating group) is 1. The molecule has 2 rings (SSSR count). The summed E-state index contributed by atoms with van der Waals surface area (Å²) in [4.78, 5) is 5.28. The summed E-state index contributed by atoms with van der Waals surface area (Å²) in [5, 5.41) is 6.19. The highest BCUT2D eigenvalue weighted by molar-refractivity contribution is 5.79. The summed E-state index contributed by atoms with van der Waals surface area (Å²) in [7, 11) is 3.03. The minimum absolute atomic E-state index is 0.0905. The van der Waals surface area contributed by atoms with Gasteiger partial charge in [0.1, 0.15) is 5.82 Å². The van der Waals surface area contributed by atoms with Gasteiger partial charge in [-0.25, -0.2) is 4.39 Å². The third-order valence-electron chi connectivity index (χ3n) is 4.34. The van der Waals surface area contributed by atoms with Gasteiger partial charge < -0.3 is 10.6 Å². The average Bonchev–Trinajstić information content (AvgIpc) is 3.30. The van der Waals surface area contributed by atoms with Crippen molar-refractivity contribution in [3.8, 4) is 0 Å². The summed E-state index contributed by atoms with van der Waals surface area (Å²) in [6.45, 7) is 0.256. The highest BCUT2D eigenvalue weighted by atomic mass is 19.4. The van der Waals surface area contributed by atoms with Gasteiger partial charge in [0, 0.05) is 32.1 Å². The van der Waals surface area contributed by atoms with Gasteiger partial charge in [0.15, 0.2) is 5.96 Å². The van der Waals surface area contributed by atoms with Gasteiger partial charge in [0.25, 0.3) is 0 Å². The number of hydrogen-bond acceptors (Lipinski definition) is 2. The van der Waals surface area contributed by atoms with Crippen molar-refractivity contribution in [2.45, 2.75) is 24.4 Å². The molecule has 0 heterocycles. The zero-order valence-corrected chi connectivity index (χ0v) is 14.5. The van der Waals surface area contributed by atoms with Crippen molar-refractivity contribution >= 4 is 5.96 Å². The fraction of sp³-hybridized carbons (Fsp3) is 0.588. The van der Waals surface area contributed by atoms with Crippen LogP contribution in [-0.2, 0) is 5.41 Å². The van der Waals surface area contributed by atoms with Gasteiger partial charge in [-0.05, 0) is 37.6 Å². The van der Waals surface area contributed by atoms with Crippen LogP contribution in [0.15, 0.2) is 29.3 Å². The summed E-state index contributed by atoms with van der Waals surface area (Å²) in [5.74, 6) is 0.280. The monoisotopic (exact) mass is 360 g/mol. The molecule has 0 aromatic heterocycles. The Morgan fingerprint density at radius 3 is 2.56 bits per heavy atom. The van der Waals surface area contributed by atoms with Gasteiger partial charge in [-0.15, -0.1) is 0 Å². The second-order valence-electron chi connectivity index (χ2n) is 6.50. The number of nitrogens with one attached hydrogen (secondary N) is 2. The topological polar surface area (TPSA) is 39.7 Å². The molecule has 1 aromatic rings. The molecule has 0 radical (unpaired) electrons. The second kappa shape index (κ2) is 8.03. The average molecular weight is 360 g/mol. The van der Waals surface area contributed by atoms with E-state index in [0.29, 0.717) is 19.0 Å². The lowest BCUT2D eigenvalue weighted by atomic mass is 9.96. The van der Waals surface area contributed by atoms with E-state index in [1.165, 1.54) is 18.0 Å². The zero-order chi connectivity index (χ0) is 18.5. The molecular weight excluding hydrogens is 336 g/mol. The van der Waals surface area contributed by atoms with E-state index in [1.807, 2.05) is 6.07 Å². The number of aliphatic imine (C=N–C) groups is 1. The number of hydrogen-bond donors (Lipinski definition) is 2. The number of alkyl halides is 3. The van der Waals surface area contributed by atoms with Crippen LogP contribution in [0.5, 0.6) is 0 Å². The molecule has 1 aliphatic carbocycles. The first-order valence-electron chi connectivity index (χ1n) is 8.20. The molecule has 0 amide bonds. The van der Waals surface area contributed by atoms with Crippen molar-refractivity contribution in [2.24, 2.45) is 4.99 Å². The molecule has 4 nitrogen and oxygen atoms in total. The Morgan fingerprint density at radius 2 is 2.00 bits per heavy atom. The molecule has 140 valence electrons. The molecule has 1 aromatic carbocycles. The zero-order valence-electron chi connectivity index (χ0n) is 14.5. The van der Waals surface area contributed by atoms with Crippen LogP contribution in [-0.4, -0.2) is 57.3 Å². The molecule has 0 spiro atoms. The number of halogens is 4. The Labute approximate surface area is 145 Å². The molecule has 1 fully saturated rings. The first kappa shape index (κ1) is 19.5. The van der Waals surface area contributed by atoms with Gasteiger partial charge in [-0.3, -0.25) is 9.89 Å². The van der Waals surface area contributed by atoms with Gasteiger partial charge in [0.2, 0.25) is 0 Å². The lowest BCUT2D eigenvalue weighted by molar-refractivity contribution is -0.142. The van der Waals surface area contributed by atoms with Crippen LogP contribution in [0.3, 0.4) is 0 Å². The quantitative estimate of drug-likeness (QED) is 0.446. The third-order valence-corrected chi connectivity index (χ3v) is 4.34. The first-order valence-corrected chi connectivity index (χ1v) is 8.20. The maximum Gasteiger partial charge on any atom is 0.401 e. The van der Waals surface area contributed by atoms with Crippen LogP contribution in [0.25, 0.3) is 0 Å². The van der Waals surface area contributed by atoms with Gasteiger partial charge >= 0.3 is 6.18 Å². The van der Waals surface area contributed by atoms with Crippen molar-refractivity contribution in [3.05, 3.63) is 35.6 Å². The Balaban J connectivity index is 1.77. The fourth-order valence-corrected chi connectivity index (χ4v) is 2.76. The van der Waals surface area contributed by atoms with Crippen molar-refractivity contribution in [1.82, 2.24) is 15.5 Å². The van der Waals surface area contributed by atoms with Gasteiger partial charge in [-0.2, -0.15) is 13.2 Å². The molecule has 8 heteroatoms. The van der Waals surface area contributed by atoms with Crippen LogP contribution in [0.4, 0.5) is 17.6 Å². The Morgan fingerprint density at radius 1 is 1.28 bits per heavy atom. The van der Waals surface area contributed by atoms with Crippen molar-refractivity contribution in [3.63, 3.8) is 0 Å². The van der Waals surface area contributed by atoms with Crippen molar-refractivity contribution in [1.29, 1.82) is 0 Å². The highest BCUT2D eigenvalue weighted by Gasteiger charge is 2.44. The maximum absolute atomic E-state index is 13.4. The molecule has 0 saturated heterocycles. The lowest BCUT2D eigenvalue weighted by Gasteiger charge is -2.21. The highest BCUT2D eigenvalue weighted by Crippen LogP contribution is 2.47. The second-order valence-corrected chi connectivity index (χ2v) is 6.50. The smallest absolute Gasteiger partial charge is 0.356 e. The molecule has 0 bridgehead atoms. The molecule has 1 saturated carbocycles. The largest absolute Gasteiger partial charge is 0.401 e. The van der Waals surface area contributed by atoms with E-state index in [9.17, 15) is 17.6 Å². The van der Waals surface area contributed by atoms with Crippen LogP contribution in [0, 0.1) is 5.82 Å². The van der Waals surface area contributed by atoms with Crippen LogP contribution < -0.4 is 10.6 Å². The maximum atomic E-state index is 13.4. The Hall–Kier alpha value is -1.83. The predicted molar refractivity (Wildman–Crippen MR) is 90.2 cm³/mol. The standard InChI is InChI=1S/C17H24F4N4/c1-22-15(23-8-9-25(2)12-17(19,20)21)24-11-16(6-7-16)13-4-3-5-14(18)10-13/h3-5,10H,6-9,11-12H2,1-2H3,(H2,22,23,24). The predicted octanol–water partition coefficient (Wildman–Crippen LogP) is 2.52. The first-order chi connectivity index (χ1) is 11.7. The van der Waals surface area contributed by atoms with E-state index >= 15 is 0 Å². The normalized spacial score (nSPS) is 16.8. The molecule has 1 aliphatic rings. The molecular formula is C17H24F4N4. The van der Waals surface area contributed by atoms with Crippen molar-refractivity contribution in [2.75, 3.05) is 40.3 Å². The number of benzene rings is 1. The molecule has 0 aliphatic heterocycles. The van der Waals surface area contributed by atoms with Crippen LogP contribution >= 0.6 is 0 Å². The number of nitrogens with zero attached hydrogens (tertiary/aromatic N) is 2. The van der Waals surface area contributed by atoms with Crippen LogP contribution in [0.1, 0.15) is 18.4 Å². The SMILES string of the molecule is CN=C(NCCN(C)CC(F)(F)F)NCC1(c2cccc(F)c2)CC1. The fourth-order valence-electron chi connectivity index (χ4n) is 2.76. The third kappa shape index (κ3) is 6.19. The molecule has 25 heavy (non-hydrogen) atoms. The Bertz CT molecular complexity index is 597. The summed E-state index contributed by atoms with van der Waals surface area (Å²) < 4.78 is 50.3. The van der Waals surface area contributed by atoms with E-state index < -0.39 is 12.7 Å². The summed E-state index contributed by atoms with van der Waals surface area (Å²) in [6, 6.07) is 6.59. The minimum Gasteiger partial charge on any atom is -0.356 e. The van der Waals surface area contributed by atoms with Gasteiger partial charge in [0.05, 0.1) is 6.54 Å². The summed E-state index contributed by atoms with van der Waals surface area (Å²) in [6.07, 6.45) is -2.26. The number of rotatable bonds is 7. The Kier molecular flexibility index (Phi) is 6.26. The van der Waals surface area contributed by atoms with E-state index in [1.54, 1.807) is 19.2 Å². The van der Waals surface area contributed by atoms with Crippen LogP contribution in [0.2, 0.25) is 0 Å². The van der Waals surface area contributed by atoms with Crippen molar-refractivity contribution < 1.29 is 17.6 Å². The van der Waals surface area contributed by atoms with E-state index in [4.69, 9.17) is 0 Å². The van der Waals surface area contributed by atoms with E-state index in [0.717, 1.165) is 18.4 Å². The minimum atomic E-state index is -4.20. The summed E-state index contributed by atoms with van der Waals surface area (Å²) in [5.41, 5.74) is 0.868. The van der Waals surface area contributed by atoms with Gasteiger partial charge in [-0.1, -0.05) is 12.1 Å². The van der Waals surface area contributed by atoms with E-state index in [-0.39, 0.29) is 17.8 Å². The lowest BCUT2D eigenvalue weighted by Crippen LogP contribution is -2.44. The molecule has 0 atom stereocenters. The molecule has 0 unspecified atom stereocenters. The summed E-state index contributed by atoms with van der Waals surface area (Å²) >= 11 is 0.